The van der Waals surface area contributed by atoms with Crippen molar-refractivity contribution >= 4 is 29.0 Å². The molecule has 0 aliphatic rings. The molecule has 6 heteroatoms. The van der Waals surface area contributed by atoms with Gasteiger partial charge in [0.15, 0.2) is 5.78 Å². The van der Waals surface area contributed by atoms with Gasteiger partial charge in [-0.15, -0.1) is 0 Å². The van der Waals surface area contributed by atoms with Gasteiger partial charge in [-0.05, 0) is 24.3 Å². The lowest BCUT2D eigenvalue weighted by atomic mass is 10.1. The Balaban J connectivity index is 1.96. The van der Waals surface area contributed by atoms with Crippen LogP contribution in [0.4, 0.5) is 5.69 Å². The largest absolute Gasteiger partial charge is 0.497 e. The smallest absolute Gasteiger partial charge is 0.224 e. The van der Waals surface area contributed by atoms with Crippen molar-refractivity contribution in [2.45, 2.75) is 12.8 Å². The summed E-state index contributed by atoms with van der Waals surface area (Å²) >= 11 is 5.98. The molecule has 0 atom stereocenters. The number of ether oxygens (including phenoxy) is 2. The molecule has 0 aromatic heterocycles. The van der Waals surface area contributed by atoms with Gasteiger partial charge in [-0.1, -0.05) is 23.7 Å². The summed E-state index contributed by atoms with van der Waals surface area (Å²) in [5.74, 6) is 0.662. The predicted molar refractivity (Wildman–Crippen MR) is 93.2 cm³/mol. The van der Waals surface area contributed by atoms with Crippen LogP contribution in [0.2, 0.25) is 5.02 Å². The molecule has 1 amide bonds. The fourth-order valence-corrected chi connectivity index (χ4v) is 2.40. The Labute approximate surface area is 145 Å². The molecule has 1 N–H and O–H groups in total. The summed E-state index contributed by atoms with van der Waals surface area (Å²) in [5.41, 5.74) is 0.947. The highest BCUT2D eigenvalue weighted by Crippen LogP contribution is 2.29. The number of methoxy groups -OCH3 is 2. The molecular weight excluding hydrogens is 330 g/mol. The highest BCUT2D eigenvalue weighted by atomic mass is 35.5. The minimum Gasteiger partial charge on any atom is -0.497 e. The van der Waals surface area contributed by atoms with Crippen molar-refractivity contribution in [2.24, 2.45) is 0 Å². The molecule has 0 unspecified atom stereocenters. The van der Waals surface area contributed by atoms with E-state index in [1.807, 2.05) is 0 Å². The van der Waals surface area contributed by atoms with E-state index in [0.717, 1.165) is 0 Å². The Bertz CT molecular complexity index is 746. The Morgan fingerprint density at radius 2 is 1.79 bits per heavy atom. The zero-order chi connectivity index (χ0) is 17.5. The highest BCUT2D eigenvalue weighted by Gasteiger charge is 2.13. The van der Waals surface area contributed by atoms with E-state index in [2.05, 4.69) is 5.32 Å². The third-order valence-corrected chi connectivity index (χ3v) is 3.77. The van der Waals surface area contributed by atoms with Gasteiger partial charge in [-0.2, -0.15) is 0 Å². The van der Waals surface area contributed by atoms with Crippen molar-refractivity contribution in [3.63, 3.8) is 0 Å². The van der Waals surface area contributed by atoms with E-state index in [-0.39, 0.29) is 24.5 Å². The van der Waals surface area contributed by atoms with Crippen molar-refractivity contribution in [3.8, 4) is 11.5 Å². The van der Waals surface area contributed by atoms with Gasteiger partial charge in [-0.3, -0.25) is 9.59 Å². The lowest BCUT2D eigenvalue weighted by molar-refractivity contribution is -0.116. The topological polar surface area (TPSA) is 64.6 Å². The molecule has 0 saturated carbocycles. The van der Waals surface area contributed by atoms with Crippen LogP contribution in [-0.2, 0) is 4.79 Å². The van der Waals surface area contributed by atoms with Gasteiger partial charge in [0.05, 0.1) is 24.9 Å². The number of nitrogens with one attached hydrogen (secondary N) is 1. The molecule has 0 aliphatic heterocycles. The van der Waals surface area contributed by atoms with Gasteiger partial charge in [0, 0.05) is 24.5 Å². The zero-order valence-electron chi connectivity index (χ0n) is 13.5. The molecule has 0 saturated heterocycles. The number of carbonyl (C=O) groups is 2. The second kappa shape index (κ2) is 8.36. The van der Waals surface area contributed by atoms with Crippen LogP contribution in [-0.4, -0.2) is 25.9 Å². The average molecular weight is 348 g/mol. The van der Waals surface area contributed by atoms with Crippen molar-refractivity contribution in [1.82, 2.24) is 0 Å². The molecule has 5 nitrogen and oxygen atoms in total. The molecule has 0 spiro atoms. The van der Waals surface area contributed by atoms with Crippen LogP contribution in [0.3, 0.4) is 0 Å². The maximum absolute atomic E-state index is 12.1. The van der Waals surface area contributed by atoms with E-state index in [0.29, 0.717) is 27.8 Å². The van der Waals surface area contributed by atoms with Crippen LogP contribution in [0.15, 0.2) is 42.5 Å². The maximum atomic E-state index is 12.1. The third-order valence-electron chi connectivity index (χ3n) is 3.44. The number of Topliss-reactive ketones (excluding diaryl/α,β-unsaturated/α-hetero) is 1. The van der Waals surface area contributed by atoms with Crippen LogP contribution in [0.25, 0.3) is 0 Å². The minimum absolute atomic E-state index is 0.0548. The number of rotatable bonds is 7. The van der Waals surface area contributed by atoms with Gasteiger partial charge >= 0.3 is 0 Å². The summed E-state index contributed by atoms with van der Waals surface area (Å²) in [7, 11) is 3.05. The summed E-state index contributed by atoms with van der Waals surface area (Å²) < 4.78 is 10.3. The molecular formula is C18H18ClNO4. The van der Waals surface area contributed by atoms with Crippen molar-refractivity contribution in [1.29, 1.82) is 0 Å². The molecule has 24 heavy (non-hydrogen) atoms. The van der Waals surface area contributed by atoms with Crippen LogP contribution in [0.1, 0.15) is 23.2 Å². The van der Waals surface area contributed by atoms with E-state index in [1.54, 1.807) is 49.6 Å². The third kappa shape index (κ3) is 4.49. The van der Waals surface area contributed by atoms with Crippen LogP contribution in [0.5, 0.6) is 11.5 Å². The van der Waals surface area contributed by atoms with Gasteiger partial charge < -0.3 is 14.8 Å². The van der Waals surface area contributed by atoms with Crippen LogP contribution < -0.4 is 14.8 Å². The molecule has 2 aromatic rings. The summed E-state index contributed by atoms with van der Waals surface area (Å²) in [6.45, 7) is 0. The first-order valence-corrected chi connectivity index (χ1v) is 7.72. The molecule has 2 rings (SSSR count). The standard InChI is InChI=1S/C18H18ClNO4/c1-23-12-7-8-15(17(11-12)24-2)20-18(22)10-9-16(21)13-5-3-4-6-14(13)19/h3-8,11H,9-10H2,1-2H3,(H,20,22). The fourth-order valence-electron chi connectivity index (χ4n) is 2.16. The number of carbonyl (C=O) groups excluding carboxylic acids is 2. The number of ketones is 1. The molecule has 0 bridgehead atoms. The molecule has 126 valence electrons. The Morgan fingerprint density at radius 3 is 2.46 bits per heavy atom. The number of benzene rings is 2. The highest BCUT2D eigenvalue weighted by molar-refractivity contribution is 6.34. The Morgan fingerprint density at radius 1 is 1.04 bits per heavy atom. The second-order valence-corrected chi connectivity index (χ2v) is 5.42. The normalized spacial score (nSPS) is 10.1. The van der Waals surface area contributed by atoms with Gasteiger partial charge in [-0.25, -0.2) is 0 Å². The second-order valence-electron chi connectivity index (χ2n) is 5.02. The lowest BCUT2D eigenvalue weighted by Crippen LogP contribution is -2.14. The maximum Gasteiger partial charge on any atom is 0.224 e. The van der Waals surface area contributed by atoms with Crippen molar-refractivity contribution in [2.75, 3.05) is 19.5 Å². The number of hydrogen-bond donors (Lipinski definition) is 1. The van der Waals surface area contributed by atoms with Crippen LogP contribution >= 0.6 is 11.6 Å². The van der Waals surface area contributed by atoms with E-state index < -0.39 is 0 Å². The summed E-state index contributed by atoms with van der Waals surface area (Å²) in [4.78, 5) is 24.2. The summed E-state index contributed by atoms with van der Waals surface area (Å²) in [6, 6.07) is 11.9. The van der Waals surface area contributed by atoms with E-state index in [1.165, 1.54) is 7.11 Å². The first kappa shape index (κ1) is 17.8. The predicted octanol–water partition coefficient (Wildman–Crippen LogP) is 3.96. The quantitative estimate of drug-likeness (QED) is 0.770. The molecule has 2 aromatic carbocycles. The molecule has 0 radical (unpaired) electrons. The number of amides is 1. The molecule has 0 aliphatic carbocycles. The minimum atomic E-state index is -0.279. The first-order chi connectivity index (χ1) is 11.5. The number of anilines is 1. The van der Waals surface area contributed by atoms with Gasteiger partial charge in [0.2, 0.25) is 5.91 Å². The van der Waals surface area contributed by atoms with Crippen LogP contribution in [0, 0.1) is 0 Å². The van der Waals surface area contributed by atoms with Crippen molar-refractivity contribution < 1.29 is 19.1 Å². The molecule has 0 fully saturated rings. The van der Waals surface area contributed by atoms with E-state index in [9.17, 15) is 9.59 Å². The number of hydrogen-bond acceptors (Lipinski definition) is 4. The fraction of sp³-hybridized carbons (Fsp3) is 0.222. The zero-order valence-corrected chi connectivity index (χ0v) is 14.2. The van der Waals surface area contributed by atoms with Gasteiger partial charge in [0.1, 0.15) is 11.5 Å². The SMILES string of the molecule is COc1ccc(NC(=O)CCC(=O)c2ccccc2Cl)c(OC)c1. The Hall–Kier alpha value is -2.53. The van der Waals surface area contributed by atoms with Gasteiger partial charge in [0.25, 0.3) is 0 Å². The average Bonchev–Trinajstić information content (AvgIpc) is 2.60. The van der Waals surface area contributed by atoms with E-state index in [4.69, 9.17) is 21.1 Å². The lowest BCUT2D eigenvalue weighted by Gasteiger charge is -2.11. The molecule has 0 heterocycles. The number of halogens is 1. The first-order valence-electron chi connectivity index (χ1n) is 7.34. The van der Waals surface area contributed by atoms with E-state index >= 15 is 0 Å². The van der Waals surface area contributed by atoms with Crippen molar-refractivity contribution in [3.05, 3.63) is 53.1 Å². The Kier molecular flexibility index (Phi) is 6.21. The monoisotopic (exact) mass is 347 g/mol. The summed E-state index contributed by atoms with van der Waals surface area (Å²) in [6.07, 6.45) is 0.132. The summed E-state index contributed by atoms with van der Waals surface area (Å²) in [5, 5.41) is 3.12.